The highest BCUT2D eigenvalue weighted by atomic mass is 79.9. The van der Waals surface area contributed by atoms with Crippen LogP contribution in [0.3, 0.4) is 0 Å². The Morgan fingerprint density at radius 1 is 0.438 bits per heavy atom. The molecular weight excluding hydrogens is 454 g/mol. The van der Waals surface area contributed by atoms with Gasteiger partial charge >= 0.3 is 0 Å². The molecule has 0 radical (unpaired) electrons. The van der Waals surface area contributed by atoms with Crippen LogP contribution in [0.1, 0.15) is 0 Å². The highest BCUT2D eigenvalue weighted by molar-refractivity contribution is 9.10. The molecule has 0 unspecified atom stereocenters. The molecule has 0 aromatic heterocycles. The summed E-state index contributed by atoms with van der Waals surface area (Å²) in [7, 11) is 0. The molecule has 5 aromatic carbocycles. The summed E-state index contributed by atoms with van der Waals surface area (Å²) in [4.78, 5) is 2.38. The van der Waals surface area contributed by atoms with Crippen LogP contribution in [-0.4, -0.2) is 0 Å². The second-order valence-corrected chi connectivity index (χ2v) is 8.89. The van der Waals surface area contributed by atoms with E-state index in [-0.39, 0.29) is 0 Å². The van der Waals surface area contributed by atoms with E-state index in [2.05, 4.69) is 142 Å². The molecule has 0 amide bonds. The zero-order valence-corrected chi connectivity index (χ0v) is 19.0. The number of para-hydroxylation sites is 1. The van der Waals surface area contributed by atoms with Gasteiger partial charge in [-0.15, -0.1) is 0 Å². The molecule has 5 aromatic rings. The lowest BCUT2D eigenvalue weighted by molar-refractivity contribution is 1.29. The van der Waals surface area contributed by atoms with E-state index < -0.39 is 0 Å². The molecule has 0 aliphatic carbocycles. The second-order valence-electron chi connectivity index (χ2n) is 7.98. The Morgan fingerprint density at radius 2 is 1.00 bits per heavy atom. The van der Waals surface area contributed by atoms with Gasteiger partial charge in [-0.25, -0.2) is 0 Å². The van der Waals surface area contributed by atoms with Gasteiger partial charge in [0.25, 0.3) is 0 Å². The van der Waals surface area contributed by atoms with Gasteiger partial charge in [0.15, 0.2) is 0 Å². The predicted octanol–water partition coefficient (Wildman–Crippen LogP) is 9.23. The Morgan fingerprint density at radius 3 is 1.69 bits per heavy atom. The van der Waals surface area contributed by atoms with Gasteiger partial charge < -0.3 is 4.90 Å². The van der Waals surface area contributed by atoms with E-state index in [1.54, 1.807) is 0 Å². The number of hydrogen-bond donors (Lipinski definition) is 0. The van der Waals surface area contributed by atoms with E-state index in [9.17, 15) is 0 Å². The molecule has 0 spiro atoms. The molecule has 0 bridgehead atoms. The Kier molecular flexibility index (Phi) is 4.66. The minimum Gasteiger partial charge on any atom is -0.309 e. The first kappa shape index (κ1) is 19.1. The maximum atomic E-state index is 3.70. The van der Waals surface area contributed by atoms with Crippen LogP contribution in [0.25, 0.3) is 33.4 Å². The first-order chi connectivity index (χ1) is 15.8. The van der Waals surface area contributed by atoms with Gasteiger partial charge in [-0.1, -0.05) is 94.8 Å². The van der Waals surface area contributed by atoms with Gasteiger partial charge in [-0.3, -0.25) is 0 Å². The van der Waals surface area contributed by atoms with Gasteiger partial charge in [0.1, 0.15) is 0 Å². The van der Waals surface area contributed by atoms with Crippen LogP contribution in [-0.2, 0) is 0 Å². The first-order valence-corrected chi connectivity index (χ1v) is 11.5. The number of anilines is 3. The second kappa shape index (κ2) is 7.81. The summed E-state index contributed by atoms with van der Waals surface area (Å²) < 4.78 is 1.08. The lowest BCUT2D eigenvalue weighted by atomic mass is 9.92. The summed E-state index contributed by atoms with van der Waals surface area (Å²) in [6.45, 7) is 0. The summed E-state index contributed by atoms with van der Waals surface area (Å²) in [5.74, 6) is 0. The third kappa shape index (κ3) is 3.16. The Labute approximate surface area is 196 Å². The van der Waals surface area contributed by atoms with Crippen LogP contribution < -0.4 is 4.90 Å². The van der Waals surface area contributed by atoms with Crippen LogP contribution in [0.2, 0.25) is 0 Å². The van der Waals surface area contributed by atoms with Gasteiger partial charge in [0.2, 0.25) is 0 Å². The van der Waals surface area contributed by atoms with Crippen molar-refractivity contribution in [2.45, 2.75) is 0 Å². The molecule has 1 nitrogen and oxygen atoms in total. The van der Waals surface area contributed by atoms with Crippen molar-refractivity contribution in [2.75, 3.05) is 4.90 Å². The molecule has 0 fully saturated rings. The quantitative estimate of drug-likeness (QED) is 0.242. The average molecular weight is 474 g/mol. The van der Waals surface area contributed by atoms with Crippen molar-refractivity contribution < 1.29 is 0 Å². The van der Waals surface area contributed by atoms with E-state index in [0.29, 0.717) is 0 Å². The average Bonchev–Trinajstić information content (AvgIpc) is 2.97. The smallest absolute Gasteiger partial charge is 0.0541 e. The predicted molar refractivity (Wildman–Crippen MR) is 139 cm³/mol. The third-order valence-corrected chi connectivity index (χ3v) is 6.56. The lowest BCUT2D eigenvalue weighted by Gasteiger charge is -2.27. The lowest BCUT2D eigenvalue weighted by Crippen LogP contribution is -2.10. The van der Waals surface area contributed by atoms with Crippen molar-refractivity contribution in [1.82, 2.24) is 0 Å². The van der Waals surface area contributed by atoms with Crippen LogP contribution >= 0.6 is 15.9 Å². The van der Waals surface area contributed by atoms with Crippen molar-refractivity contribution in [1.29, 1.82) is 0 Å². The number of fused-ring (bicyclic) bond motifs is 5. The molecule has 6 rings (SSSR count). The Hall–Kier alpha value is -3.62. The maximum Gasteiger partial charge on any atom is 0.0541 e. The van der Waals surface area contributed by atoms with Gasteiger partial charge in [-0.2, -0.15) is 0 Å². The monoisotopic (exact) mass is 473 g/mol. The molecule has 0 atom stereocenters. The fourth-order valence-corrected chi connectivity index (χ4v) is 4.97. The van der Waals surface area contributed by atoms with Crippen molar-refractivity contribution in [3.8, 4) is 33.4 Å². The van der Waals surface area contributed by atoms with E-state index in [1.165, 1.54) is 44.8 Å². The molecule has 0 saturated carbocycles. The minimum absolute atomic E-state index is 1.08. The fourth-order valence-electron chi connectivity index (χ4n) is 4.61. The molecular formula is C30H20BrN. The summed E-state index contributed by atoms with van der Waals surface area (Å²) in [5, 5.41) is 0. The van der Waals surface area contributed by atoms with Crippen LogP contribution in [0.15, 0.2) is 126 Å². The standard InChI is InChI=1S/C30H20BrN/c31-23-16-18-30-28(20-23)26-14-8-7-13-25(26)27-19-22(21-9-3-1-4-10-21)15-17-29(27)32(30)24-11-5-2-6-12-24/h1-20H. The molecule has 1 aliphatic rings. The summed E-state index contributed by atoms with van der Waals surface area (Å²) in [5.41, 5.74) is 10.9. The Bertz CT molecular complexity index is 1420. The zero-order chi connectivity index (χ0) is 21.5. The van der Waals surface area contributed by atoms with Crippen molar-refractivity contribution in [3.63, 3.8) is 0 Å². The van der Waals surface area contributed by atoms with Gasteiger partial charge in [-0.05, 0) is 64.7 Å². The maximum absolute atomic E-state index is 3.70. The number of hydrogen-bond acceptors (Lipinski definition) is 1. The minimum atomic E-state index is 1.08. The fraction of sp³-hybridized carbons (Fsp3) is 0. The van der Waals surface area contributed by atoms with Crippen molar-refractivity contribution in [3.05, 3.63) is 126 Å². The molecule has 2 heteroatoms. The number of rotatable bonds is 2. The highest BCUT2D eigenvalue weighted by Gasteiger charge is 2.26. The number of nitrogens with zero attached hydrogens (tertiary/aromatic N) is 1. The molecule has 152 valence electrons. The third-order valence-electron chi connectivity index (χ3n) is 6.07. The largest absolute Gasteiger partial charge is 0.309 e. The number of halogens is 1. The normalized spacial score (nSPS) is 11.8. The van der Waals surface area contributed by atoms with Crippen LogP contribution in [0.5, 0.6) is 0 Å². The number of benzene rings is 5. The SMILES string of the molecule is Brc1ccc2c(c1)-c1ccccc1-c1cc(-c3ccccc3)ccc1N2c1ccccc1. The molecule has 1 aliphatic heterocycles. The molecule has 0 N–H and O–H groups in total. The van der Waals surface area contributed by atoms with Crippen LogP contribution in [0, 0.1) is 0 Å². The van der Waals surface area contributed by atoms with E-state index in [1.807, 2.05) is 0 Å². The molecule has 0 saturated heterocycles. The van der Waals surface area contributed by atoms with E-state index >= 15 is 0 Å². The van der Waals surface area contributed by atoms with E-state index in [0.717, 1.165) is 10.2 Å². The summed E-state index contributed by atoms with van der Waals surface area (Å²) >= 11 is 3.70. The zero-order valence-electron chi connectivity index (χ0n) is 17.4. The van der Waals surface area contributed by atoms with Gasteiger partial charge in [0.05, 0.1) is 11.4 Å². The molecule has 32 heavy (non-hydrogen) atoms. The van der Waals surface area contributed by atoms with E-state index in [4.69, 9.17) is 0 Å². The highest BCUT2D eigenvalue weighted by Crippen LogP contribution is 2.51. The van der Waals surface area contributed by atoms with Crippen molar-refractivity contribution >= 4 is 33.0 Å². The van der Waals surface area contributed by atoms with Crippen molar-refractivity contribution in [2.24, 2.45) is 0 Å². The summed E-state index contributed by atoms with van der Waals surface area (Å²) in [6, 6.07) is 43.3. The first-order valence-electron chi connectivity index (χ1n) is 10.7. The molecule has 1 heterocycles. The topological polar surface area (TPSA) is 3.24 Å². The van der Waals surface area contributed by atoms with Crippen LogP contribution in [0.4, 0.5) is 17.1 Å². The van der Waals surface area contributed by atoms with Gasteiger partial charge in [0, 0.05) is 21.3 Å². The summed E-state index contributed by atoms with van der Waals surface area (Å²) in [6.07, 6.45) is 0. The Balaban J connectivity index is 1.70.